The van der Waals surface area contributed by atoms with Crippen molar-refractivity contribution >= 4 is 26.1 Å². The van der Waals surface area contributed by atoms with E-state index in [-0.39, 0.29) is 16.2 Å². The van der Waals surface area contributed by atoms with Crippen molar-refractivity contribution in [3.8, 4) is 17.2 Å². The number of sulfonamides is 1. The summed E-state index contributed by atoms with van der Waals surface area (Å²) in [5, 5.41) is 0. The summed E-state index contributed by atoms with van der Waals surface area (Å²) in [5.41, 5.74) is -5.33. The number of para-hydroxylation sites is 1. The molecule has 14 heteroatoms. The number of aryl methyl sites for hydroxylation is 1. The van der Waals surface area contributed by atoms with Crippen LogP contribution in [0.2, 0.25) is 0 Å². The molecule has 0 aromatic heterocycles. The maximum Gasteiger partial charge on any atom is 0.534 e. The fraction of sp³-hybridized carbons (Fsp3) is 0.296. The van der Waals surface area contributed by atoms with Crippen molar-refractivity contribution in [1.82, 2.24) is 4.31 Å². The summed E-state index contributed by atoms with van der Waals surface area (Å²) in [7, 11) is -10.6. The maximum atomic E-state index is 13.8. The fourth-order valence-corrected chi connectivity index (χ4v) is 5.68. The Morgan fingerprint density at radius 2 is 1.49 bits per heavy atom. The summed E-state index contributed by atoms with van der Waals surface area (Å²) < 4.78 is 107. The van der Waals surface area contributed by atoms with Crippen LogP contribution in [0.3, 0.4) is 0 Å². The van der Waals surface area contributed by atoms with Crippen molar-refractivity contribution in [2.75, 3.05) is 6.54 Å². The van der Waals surface area contributed by atoms with Crippen molar-refractivity contribution in [2.45, 2.75) is 50.2 Å². The molecule has 1 unspecified atom stereocenters. The van der Waals surface area contributed by atoms with Gasteiger partial charge in [-0.25, -0.2) is 8.42 Å². The fourth-order valence-electron chi connectivity index (χ4n) is 3.64. The Labute approximate surface area is 236 Å². The summed E-state index contributed by atoms with van der Waals surface area (Å²) in [6, 6.07) is 15.7. The average molecular weight is 616 g/mol. The minimum Gasteiger partial charge on any atom is -0.462 e. The van der Waals surface area contributed by atoms with Crippen molar-refractivity contribution in [3.05, 3.63) is 83.9 Å². The predicted octanol–water partition coefficient (Wildman–Crippen LogP) is 5.72. The van der Waals surface area contributed by atoms with Crippen LogP contribution in [-0.2, 0) is 29.7 Å². The van der Waals surface area contributed by atoms with Crippen molar-refractivity contribution in [2.24, 2.45) is 0 Å². The van der Waals surface area contributed by atoms with Gasteiger partial charge in [-0.2, -0.15) is 25.9 Å². The first-order valence-electron chi connectivity index (χ1n) is 12.2. The van der Waals surface area contributed by atoms with E-state index < -0.39 is 56.1 Å². The lowest BCUT2D eigenvalue weighted by Crippen LogP contribution is -2.39. The highest BCUT2D eigenvalue weighted by Gasteiger charge is 2.49. The topological polar surface area (TPSA) is 116 Å². The lowest BCUT2D eigenvalue weighted by atomic mass is 10.1. The van der Waals surface area contributed by atoms with Crippen LogP contribution in [0.4, 0.5) is 13.2 Å². The molecule has 41 heavy (non-hydrogen) atoms. The van der Waals surface area contributed by atoms with Gasteiger partial charge in [0.25, 0.3) is 0 Å². The summed E-state index contributed by atoms with van der Waals surface area (Å²) in [4.78, 5) is 12.4. The van der Waals surface area contributed by atoms with Crippen LogP contribution in [0, 0.1) is 6.92 Å². The van der Waals surface area contributed by atoms with Crippen LogP contribution < -0.4 is 8.92 Å². The van der Waals surface area contributed by atoms with Gasteiger partial charge in [-0.3, -0.25) is 4.79 Å². The van der Waals surface area contributed by atoms with Crippen molar-refractivity contribution in [3.63, 3.8) is 0 Å². The molecule has 9 nitrogen and oxygen atoms in total. The number of rotatable bonds is 11. The summed E-state index contributed by atoms with van der Waals surface area (Å²) in [5.74, 6) is -1.37. The van der Waals surface area contributed by atoms with Gasteiger partial charge in [0, 0.05) is 5.56 Å². The molecule has 0 saturated heterocycles. The number of carbonyl (C=O) groups is 1. The molecule has 0 aliphatic carbocycles. The Kier molecular flexibility index (Phi) is 9.72. The lowest BCUT2D eigenvalue weighted by molar-refractivity contribution is -0.147. The first-order chi connectivity index (χ1) is 19.0. The van der Waals surface area contributed by atoms with Crippen LogP contribution in [0.5, 0.6) is 17.2 Å². The molecular formula is C27H28F3NO8S2. The Morgan fingerprint density at radius 1 is 0.878 bits per heavy atom. The predicted molar refractivity (Wildman–Crippen MR) is 143 cm³/mol. The number of esters is 1. The van der Waals surface area contributed by atoms with Crippen LogP contribution in [-0.4, -0.2) is 45.3 Å². The van der Waals surface area contributed by atoms with E-state index in [2.05, 4.69) is 4.18 Å². The SMILES string of the molecule is Cc1ccc(S(=O)(=O)N(CC(=O)OC(C)C)C(C)c2cc(Oc3ccccc3)ccc2OS(=O)(=O)C(F)(F)F)cc1. The zero-order valence-electron chi connectivity index (χ0n) is 22.5. The summed E-state index contributed by atoms with van der Waals surface area (Å²) in [6.07, 6.45) is -0.597. The molecular weight excluding hydrogens is 587 g/mol. The highest BCUT2D eigenvalue weighted by molar-refractivity contribution is 7.89. The summed E-state index contributed by atoms with van der Waals surface area (Å²) >= 11 is 0. The van der Waals surface area contributed by atoms with Gasteiger partial charge >= 0.3 is 21.6 Å². The number of hydrogen-bond donors (Lipinski definition) is 0. The van der Waals surface area contributed by atoms with Crippen molar-refractivity contribution < 1.29 is 48.5 Å². The van der Waals surface area contributed by atoms with E-state index in [1.165, 1.54) is 31.2 Å². The number of hydrogen-bond acceptors (Lipinski definition) is 8. The third kappa shape index (κ3) is 7.99. The molecule has 0 bridgehead atoms. The minimum atomic E-state index is -6.14. The van der Waals surface area contributed by atoms with E-state index in [1.807, 2.05) is 0 Å². The first kappa shape index (κ1) is 31.9. The Morgan fingerprint density at radius 3 is 2.05 bits per heavy atom. The van der Waals surface area contributed by atoms with Crippen LogP contribution in [0.25, 0.3) is 0 Å². The Hall–Kier alpha value is -3.62. The number of nitrogens with zero attached hydrogens (tertiary/aromatic N) is 1. The highest BCUT2D eigenvalue weighted by Crippen LogP contribution is 2.39. The molecule has 0 radical (unpaired) electrons. The monoisotopic (exact) mass is 615 g/mol. The van der Waals surface area contributed by atoms with E-state index in [1.54, 1.807) is 51.1 Å². The molecule has 0 aliphatic heterocycles. The van der Waals surface area contributed by atoms with Gasteiger partial charge in [0.2, 0.25) is 10.0 Å². The number of carbonyl (C=O) groups excluding carboxylic acids is 1. The smallest absolute Gasteiger partial charge is 0.462 e. The normalized spacial score (nSPS) is 13.2. The average Bonchev–Trinajstić information content (AvgIpc) is 2.87. The molecule has 1 atom stereocenters. The molecule has 0 fully saturated rings. The zero-order valence-corrected chi connectivity index (χ0v) is 24.1. The van der Waals surface area contributed by atoms with Gasteiger partial charge < -0.3 is 13.7 Å². The van der Waals surface area contributed by atoms with Gasteiger partial charge in [0.05, 0.1) is 17.0 Å². The van der Waals surface area contributed by atoms with E-state index in [4.69, 9.17) is 9.47 Å². The second-order valence-electron chi connectivity index (χ2n) is 9.18. The van der Waals surface area contributed by atoms with Crippen molar-refractivity contribution in [1.29, 1.82) is 0 Å². The van der Waals surface area contributed by atoms with Crippen LogP contribution >= 0.6 is 0 Å². The van der Waals surface area contributed by atoms with Gasteiger partial charge in [-0.1, -0.05) is 35.9 Å². The number of halogens is 3. The highest BCUT2D eigenvalue weighted by atomic mass is 32.2. The van der Waals surface area contributed by atoms with Gasteiger partial charge in [-0.15, -0.1) is 0 Å². The second-order valence-corrected chi connectivity index (χ2v) is 12.6. The molecule has 222 valence electrons. The van der Waals surface area contributed by atoms with Crippen LogP contribution in [0.15, 0.2) is 77.7 Å². The second kappa shape index (κ2) is 12.5. The molecule has 0 N–H and O–H groups in total. The Bertz CT molecular complexity index is 1570. The standard InChI is InChI=1S/C27H28F3NO8S2/c1-18(2)37-26(32)17-31(40(33,34)23-13-10-19(3)11-14-23)20(4)24-16-22(38-21-8-6-5-7-9-21)12-15-25(24)39-41(35,36)27(28,29)30/h5-16,18,20H,17H2,1-4H3. The first-order valence-corrected chi connectivity index (χ1v) is 15.0. The number of alkyl halides is 3. The quantitative estimate of drug-likeness (QED) is 0.153. The van der Waals surface area contributed by atoms with Gasteiger partial charge in [0.1, 0.15) is 23.8 Å². The molecule has 0 heterocycles. The molecule has 0 saturated carbocycles. The number of benzene rings is 3. The number of ether oxygens (including phenoxy) is 2. The van der Waals surface area contributed by atoms with E-state index >= 15 is 0 Å². The van der Waals surface area contributed by atoms with E-state index in [9.17, 15) is 34.8 Å². The zero-order chi connectivity index (χ0) is 30.6. The Balaban J connectivity index is 2.17. The van der Waals surface area contributed by atoms with E-state index in [0.717, 1.165) is 23.8 Å². The molecule has 0 aliphatic rings. The van der Waals surface area contributed by atoms with Crippen LogP contribution in [0.1, 0.15) is 37.9 Å². The molecule has 0 spiro atoms. The molecule has 3 aromatic rings. The third-order valence-corrected chi connectivity index (χ3v) is 8.50. The lowest BCUT2D eigenvalue weighted by Gasteiger charge is -2.29. The third-order valence-electron chi connectivity index (χ3n) is 5.60. The largest absolute Gasteiger partial charge is 0.534 e. The molecule has 3 rings (SSSR count). The minimum absolute atomic E-state index is 0.0345. The molecule has 3 aromatic carbocycles. The maximum absolute atomic E-state index is 13.8. The molecule has 0 amide bonds. The van der Waals surface area contributed by atoms with E-state index in [0.29, 0.717) is 10.1 Å². The van der Waals surface area contributed by atoms with Gasteiger partial charge in [0.15, 0.2) is 0 Å². The van der Waals surface area contributed by atoms with Gasteiger partial charge in [-0.05, 0) is 70.2 Å². The summed E-state index contributed by atoms with van der Waals surface area (Å²) in [6.45, 7) is 5.27.